The van der Waals surface area contributed by atoms with Gasteiger partial charge in [0.25, 0.3) is 0 Å². The van der Waals surface area contributed by atoms with Crippen LogP contribution in [-0.2, 0) is 6.61 Å². The van der Waals surface area contributed by atoms with Gasteiger partial charge in [0, 0.05) is 0 Å². The van der Waals surface area contributed by atoms with E-state index in [0.717, 1.165) is 17.7 Å². The number of ether oxygens (including phenoxy) is 1. The Morgan fingerprint density at radius 2 is 1.80 bits per heavy atom. The quantitative estimate of drug-likeness (QED) is 0.777. The van der Waals surface area contributed by atoms with Crippen molar-refractivity contribution < 1.29 is 22.7 Å². The first-order valence-electron chi connectivity index (χ1n) is 5.86. The fraction of sp³-hybridized carbons (Fsp3) is 0.133. The zero-order valence-corrected chi connectivity index (χ0v) is 10.4. The molecule has 0 atom stereocenters. The van der Waals surface area contributed by atoms with Crippen LogP contribution in [0.15, 0.2) is 48.5 Å². The summed E-state index contributed by atoms with van der Waals surface area (Å²) in [5, 5.41) is 0. The molecule has 0 amide bonds. The topological polar surface area (TPSA) is 26.3 Å². The number of halogens is 3. The summed E-state index contributed by atoms with van der Waals surface area (Å²) in [6, 6.07) is 12.0. The molecule has 0 unspecified atom stereocenters. The van der Waals surface area contributed by atoms with Crippen molar-refractivity contribution >= 4 is 5.78 Å². The van der Waals surface area contributed by atoms with Crippen LogP contribution in [-0.4, -0.2) is 12.2 Å². The maximum absolute atomic E-state index is 13.1. The lowest BCUT2D eigenvalue weighted by molar-refractivity contribution is 0.0673. The zero-order chi connectivity index (χ0) is 14.5. The van der Waals surface area contributed by atoms with Crippen LogP contribution in [0.25, 0.3) is 0 Å². The highest BCUT2D eigenvalue weighted by Gasteiger charge is 2.22. The van der Waals surface area contributed by atoms with E-state index in [4.69, 9.17) is 4.74 Å². The molecule has 0 bridgehead atoms. The van der Waals surface area contributed by atoms with Crippen molar-refractivity contribution in [1.82, 2.24) is 0 Å². The molecule has 0 radical (unpaired) electrons. The number of benzene rings is 2. The molecule has 104 valence electrons. The summed E-state index contributed by atoms with van der Waals surface area (Å²) in [6.07, 6.45) is -3.20. The Labute approximate surface area is 113 Å². The molecule has 0 heterocycles. The van der Waals surface area contributed by atoms with E-state index >= 15 is 0 Å². The highest BCUT2D eigenvalue weighted by atomic mass is 19.3. The van der Waals surface area contributed by atoms with Gasteiger partial charge in [-0.2, -0.15) is 0 Å². The van der Waals surface area contributed by atoms with Crippen LogP contribution in [0.3, 0.4) is 0 Å². The van der Waals surface area contributed by atoms with Crippen molar-refractivity contribution in [1.29, 1.82) is 0 Å². The lowest BCUT2D eigenvalue weighted by Crippen LogP contribution is -2.12. The summed E-state index contributed by atoms with van der Waals surface area (Å²) >= 11 is 0. The van der Waals surface area contributed by atoms with Gasteiger partial charge in [-0.1, -0.05) is 30.3 Å². The van der Waals surface area contributed by atoms with Gasteiger partial charge in [0.15, 0.2) is 0 Å². The van der Waals surface area contributed by atoms with E-state index in [1.54, 1.807) is 24.3 Å². The minimum Gasteiger partial charge on any atom is -0.488 e. The SMILES string of the molecule is O=C(c1cc(F)ccc1OCc1ccccc1)C(F)F. The van der Waals surface area contributed by atoms with E-state index in [-0.39, 0.29) is 12.4 Å². The summed E-state index contributed by atoms with van der Waals surface area (Å²) in [7, 11) is 0. The summed E-state index contributed by atoms with van der Waals surface area (Å²) in [4.78, 5) is 11.3. The smallest absolute Gasteiger partial charge is 0.300 e. The molecular formula is C15H11F3O2. The van der Waals surface area contributed by atoms with Crippen LogP contribution in [0.2, 0.25) is 0 Å². The number of hydrogen-bond acceptors (Lipinski definition) is 2. The predicted octanol–water partition coefficient (Wildman–Crippen LogP) is 3.85. The van der Waals surface area contributed by atoms with E-state index in [0.29, 0.717) is 0 Å². The third-order valence-corrected chi connectivity index (χ3v) is 2.64. The minimum atomic E-state index is -3.20. The van der Waals surface area contributed by atoms with Crippen molar-refractivity contribution in [3.63, 3.8) is 0 Å². The number of hydrogen-bond donors (Lipinski definition) is 0. The number of Topliss-reactive ketones (excluding diaryl/α,β-unsaturated/α-hetero) is 1. The summed E-state index contributed by atoms with van der Waals surface area (Å²) < 4.78 is 43.3. The molecule has 5 heteroatoms. The molecule has 0 spiro atoms. The van der Waals surface area contributed by atoms with E-state index in [1.807, 2.05) is 6.07 Å². The lowest BCUT2D eigenvalue weighted by Gasteiger charge is -2.11. The summed E-state index contributed by atoms with van der Waals surface area (Å²) in [5.74, 6) is -2.27. The van der Waals surface area contributed by atoms with Gasteiger partial charge in [0.05, 0.1) is 5.56 Å². The van der Waals surface area contributed by atoms with Crippen LogP contribution in [0.5, 0.6) is 5.75 Å². The summed E-state index contributed by atoms with van der Waals surface area (Å²) in [5.41, 5.74) is 0.364. The van der Waals surface area contributed by atoms with Crippen LogP contribution in [0.4, 0.5) is 13.2 Å². The van der Waals surface area contributed by atoms with Crippen molar-refractivity contribution in [3.8, 4) is 5.75 Å². The monoisotopic (exact) mass is 280 g/mol. The Hall–Kier alpha value is -2.30. The molecule has 0 saturated carbocycles. The van der Waals surface area contributed by atoms with Gasteiger partial charge in [-0.15, -0.1) is 0 Å². The van der Waals surface area contributed by atoms with Gasteiger partial charge in [-0.05, 0) is 23.8 Å². The van der Waals surface area contributed by atoms with E-state index in [2.05, 4.69) is 0 Å². The number of ketones is 1. The van der Waals surface area contributed by atoms with Crippen LogP contribution >= 0.6 is 0 Å². The molecule has 0 N–H and O–H groups in total. The number of carbonyl (C=O) groups excluding carboxylic acids is 1. The third kappa shape index (κ3) is 3.38. The largest absolute Gasteiger partial charge is 0.488 e. The Balaban J connectivity index is 2.21. The maximum Gasteiger partial charge on any atom is 0.300 e. The van der Waals surface area contributed by atoms with Gasteiger partial charge in [-0.25, -0.2) is 13.2 Å². The van der Waals surface area contributed by atoms with E-state index < -0.39 is 23.6 Å². The van der Waals surface area contributed by atoms with Gasteiger partial charge in [0.1, 0.15) is 18.2 Å². The molecule has 0 aliphatic carbocycles. The van der Waals surface area contributed by atoms with Gasteiger partial charge >= 0.3 is 6.43 Å². The molecule has 0 aliphatic heterocycles. The average Bonchev–Trinajstić information content (AvgIpc) is 2.46. The van der Waals surface area contributed by atoms with Gasteiger partial charge in [-0.3, -0.25) is 4.79 Å². The first kappa shape index (κ1) is 14.1. The van der Waals surface area contributed by atoms with Crippen LogP contribution in [0, 0.1) is 5.82 Å². The fourth-order valence-corrected chi connectivity index (χ4v) is 1.67. The third-order valence-electron chi connectivity index (χ3n) is 2.64. The van der Waals surface area contributed by atoms with E-state index in [9.17, 15) is 18.0 Å². The Kier molecular flexibility index (Phi) is 4.40. The lowest BCUT2D eigenvalue weighted by atomic mass is 10.1. The molecule has 0 aromatic heterocycles. The Morgan fingerprint density at radius 3 is 2.45 bits per heavy atom. The summed E-state index contributed by atoms with van der Waals surface area (Å²) in [6.45, 7) is 0.107. The van der Waals surface area contributed by atoms with Crippen LogP contribution < -0.4 is 4.74 Å². The Bertz CT molecular complexity index is 597. The average molecular weight is 280 g/mol. The van der Waals surface area contributed by atoms with Crippen molar-refractivity contribution in [2.45, 2.75) is 13.0 Å². The molecule has 2 aromatic carbocycles. The number of rotatable bonds is 5. The highest BCUT2D eigenvalue weighted by Crippen LogP contribution is 2.23. The fourth-order valence-electron chi connectivity index (χ4n) is 1.67. The second-order valence-corrected chi connectivity index (χ2v) is 4.08. The second-order valence-electron chi connectivity index (χ2n) is 4.08. The van der Waals surface area contributed by atoms with Crippen molar-refractivity contribution in [2.24, 2.45) is 0 Å². The highest BCUT2D eigenvalue weighted by molar-refractivity contribution is 6.00. The first-order valence-corrected chi connectivity index (χ1v) is 5.86. The standard InChI is InChI=1S/C15H11F3O2/c16-11-6-7-13(12(8-11)14(19)15(17)18)20-9-10-4-2-1-3-5-10/h1-8,15H,9H2. The molecule has 2 rings (SSSR count). The molecule has 2 nitrogen and oxygen atoms in total. The normalized spacial score (nSPS) is 10.6. The van der Waals surface area contributed by atoms with Crippen LogP contribution in [0.1, 0.15) is 15.9 Å². The molecule has 0 saturated heterocycles. The predicted molar refractivity (Wildman–Crippen MR) is 67.5 cm³/mol. The van der Waals surface area contributed by atoms with E-state index in [1.165, 1.54) is 6.07 Å². The molecular weight excluding hydrogens is 269 g/mol. The number of alkyl halides is 2. The molecule has 0 fully saturated rings. The minimum absolute atomic E-state index is 0.0550. The van der Waals surface area contributed by atoms with Crippen molar-refractivity contribution in [3.05, 3.63) is 65.5 Å². The maximum atomic E-state index is 13.1. The van der Waals surface area contributed by atoms with Crippen molar-refractivity contribution in [2.75, 3.05) is 0 Å². The second kappa shape index (κ2) is 6.23. The Morgan fingerprint density at radius 1 is 1.10 bits per heavy atom. The molecule has 2 aromatic rings. The first-order chi connectivity index (χ1) is 9.58. The zero-order valence-electron chi connectivity index (χ0n) is 10.4. The van der Waals surface area contributed by atoms with Gasteiger partial charge in [0.2, 0.25) is 5.78 Å². The number of carbonyl (C=O) groups is 1. The molecule has 0 aliphatic rings. The molecule has 20 heavy (non-hydrogen) atoms. The van der Waals surface area contributed by atoms with Gasteiger partial charge < -0.3 is 4.74 Å².